The first-order valence-corrected chi connectivity index (χ1v) is 9.60. The van der Waals surface area contributed by atoms with E-state index in [9.17, 15) is 9.18 Å². The minimum atomic E-state index is -0.477. The minimum absolute atomic E-state index is 0.0774. The second kappa shape index (κ2) is 9.66. The fourth-order valence-electron chi connectivity index (χ4n) is 3.49. The zero-order chi connectivity index (χ0) is 19.9. The molecule has 0 spiro atoms. The van der Waals surface area contributed by atoms with Crippen LogP contribution in [0.2, 0.25) is 0 Å². The summed E-state index contributed by atoms with van der Waals surface area (Å²) in [6.45, 7) is 6.96. The van der Waals surface area contributed by atoms with Crippen LogP contribution < -0.4 is 10.1 Å². The normalized spacial score (nSPS) is 20.0. The zero-order valence-corrected chi connectivity index (χ0v) is 16.4. The van der Waals surface area contributed by atoms with E-state index in [2.05, 4.69) is 30.1 Å². The van der Waals surface area contributed by atoms with Gasteiger partial charge in [0.15, 0.2) is 18.2 Å². The Labute approximate surface area is 165 Å². The van der Waals surface area contributed by atoms with Crippen molar-refractivity contribution in [2.24, 2.45) is 0 Å². The van der Waals surface area contributed by atoms with Gasteiger partial charge in [0.25, 0.3) is 5.91 Å². The van der Waals surface area contributed by atoms with Gasteiger partial charge in [-0.15, -0.1) is 0 Å². The Morgan fingerprint density at radius 1 is 1.11 bits per heavy atom. The van der Waals surface area contributed by atoms with E-state index in [1.165, 1.54) is 17.7 Å². The van der Waals surface area contributed by atoms with Crippen molar-refractivity contribution in [3.8, 4) is 5.75 Å². The second-order valence-corrected chi connectivity index (χ2v) is 7.22. The molecule has 1 fully saturated rings. The molecule has 2 aromatic rings. The van der Waals surface area contributed by atoms with Crippen LogP contribution >= 0.6 is 0 Å². The summed E-state index contributed by atoms with van der Waals surface area (Å²) in [5, 5.41) is 2.85. The quantitative estimate of drug-likeness (QED) is 0.794. The first-order valence-electron chi connectivity index (χ1n) is 9.60. The maximum atomic E-state index is 13.6. The van der Waals surface area contributed by atoms with Gasteiger partial charge in [0.2, 0.25) is 0 Å². The van der Waals surface area contributed by atoms with Crippen molar-refractivity contribution in [1.82, 2.24) is 10.2 Å². The molecule has 3 rings (SSSR count). The van der Waals surface area contributed by atoms with Crippen molar-refractivity contribution in [1.29, 1.82) is 0 Å². The van der Waals surface area contributed by atoms with Gasteiger partial charge < -0.3 is 14.8 Å². The molecule has 2 atom stereocenters. The minimum Gasteiger partial charge on any atom is -0.481 e. The largest absolute Gasteiger partial charge is 0.481 e. The Kier molecular flexibility index (Phi) is 7.01. The molecule has 28 heavy (non-hydrogen) atoms. The monoisotopic (exact) mass is 386 g/mol. The molecule has 1 saturated heterocycles. The van der Waals surface area contributed by atoms with E-state index >= 15 is 0 Å². The molecule has 0 bridgehead atoms. The van der Waals surface area contributed by atoms with Crippen LogP contribution in [0.15, 0.2) is 48.5 Å². The highest BCUT2D eigenvalue weighted by Crippen LogP contribution is 2.17. The number of benzene rings is 2. The lowest BCUT2D eigenvalue weighted by atomic mass is 10.1. The number of nitrogens with zero attached hydrogens (tertiary/aromatic N) is 1. The third-order valence-electron chi connectivity index (χ3n) is 4.68. The lowest BCUT2D eigenvalue weighted by Gasteiger charge is -2.35. The molecule has 1 aliphatic heterocycles. The van der Waals surface area contributed by atoms with Crippen molar-refractivity contribution in [2.75, 3.05) is 19.7 Å². The van der Waals surface area contributed by atoms with Gasteiger partial charge in [-0.05, 0) is 37.1 Å². The number of morpholine rings is 1. The smallest absolute Gasteiger partial charge is 0.258 e. The number of carbonyl (C=O) groups excluding carboxylic acids is 1. The Balaban J connectivity index is 1.53. The van der Waals surface area contributed by atoms with E-state index in [1.807, 2.05) is 18.2 Å². The molecule has 1 N–H and O–H groups in total. The number of hydrogen-bond acceptors (Lipinski definition) is 4. The number of nitrogens with one attached hydrogen (secondary N) is 1. The van der Waals surface area contributed by atoms with Gasteiger partial charge in [-0.25, -0.2) is 4.39 Å². The number of para-hydroxylation sites is 1. The molecule has 2 aromatic carbocycles. The highest BCUT2D eigenvalue weighted by atomic mass is 19.1. The molecule has 2 unspecified atom stereocenters. The lowest BCUT2D eigenvalue weighted by molar-refractivity contribution is -0.123. The van der Waals surface area contributed by atoms with E-state index < -0.39 is 5.82 Å². The molecule has 1 aliphatic rings. The molecule has 1 heterocycles. The standard InChI is InChI=1S/C22H27FN2O3/c1-16-12-25(13-17(2)28-16)14-19-8-4-3-7-18(19)11-24-22(26)15-27-21-10-6-5-9-20(21)23/h3-10,16-17H,11-15H2,1-2H3,(H,24,26). The van der Waals surface area contributed by atoms with Crippen LogP contribution in [0.4, 0.5) is 4.39 Å². The van der Waals surface area contributed by atoms with Crippen LogP contribution in [0.25, 0.3) is 0 Å². The van der Waals surface area contributed by atoms with Gasteiger partial charge in [0.1, 0.15) is 0 Å². The first kappa shape index (κ1) is 20.3. The molecule has 0 aromatic heterocycles. The summed E-state index contributed by atoms with van der Waals surface area (Å²) in [6.07, 6.45) is 0.428. The number of halogens is 1. The summed E-state index contributed by atoms with van der Waals surface area (Å²) in [7, 11) is 0. The maximum absolute atomic E-state index is 13.6. The zero-order valence-electron chi connectivity index (χ0n) is 16.4. The average molecular weight is 386 g/mol. The second-order valence-electron chi connectivity index (χ2n) is 7.22. The molecule has 5 nitrogen and oxygen atoms in total. The van der Waals surface area contributed by atoms with Gasteiger partial charge in [0, 0.05) is 26.2 Å². The van der Waals surface area contributed by atoms with Gasteiger partial charge in [0.05, 0.1) is 12.2 Å². The maximum Gasteiger partial charge on any atom is 0.258 e. The summed E-state index contributed by atoms with van der Waals surface area (Å²) in [4.78, 5) is 14.5. The Bertz CT molecular complexity index is 789. The number of rotatable bonds is 7. The van der Waals surface area contributed by atoms with Crippen LogP contribution in [0.3, 0.4) is 0 Å². The summed E-state index contributed by atoms with van der Waals surface area (Å²) >= 11 is 0. The topological polar surface area (TPSA) is 50.8 Å². The molecule has 6 heteroatoms. The van der Waals surface area contributed by atoms with Gasteiger partial charge in [-0.1, -0.05) is 36.4 Å². The summed E-state index contributed by atoms with van der Waals surface area (Å²) in [6, 6.07) is 14.1. The van der Waals surface area contributed by atoms with Crippen LogP contribution in [-0.4, -0.2) is 42.7 Å². The molecule has 0 saturated carbocycles. The number of hydrogen-bond donors (Lipinski definition) is 1. The molecule has 0 radical (unpaired) electrons. The van der Waals surface area contributed by atoms with Gasteiger partial charge in [-0.2, -0.15) is 0 Å². The van der Waals surface area contributed by atoms with Crippen molar-refractivity contribution < 1.29 is 18.7 Å². The van der Waals surface area contributed by atoms with Gasteiger partial charge >= 0.3 is 0 Å². The van der Waals surface area contributed by atoms with Crippen molar-refractivity contribution >= 4 is 5.91 Å². The van der Waals surface area contributed by atoms with Crippen LogP contribution in [0.1, 0.15) is 25.0 Å². The molecular weight excluding hydrogens is 359 g/mol. The summed E-state index contributed by atoms with van der Waals surface area (Å²) in [5.41, 5.74) is 2.24. The first-order chi connectivity index (χ1) is 13.5. The van der Waals surface area contributed by atoms with Crippen molar-refractivity contribution in [3.63, 3.8) is 0 Å². The van der Waals surface area contributed by atoms with E-state index in [0.717, 1.165) is 25.2 Å². The van der Waals surface area contributed by atoms with E-state index in [4.69, 9.17) is 9.47 Å². The van der Waals surface area contributed by atoms with E-state index in [0.29, 0.717) is 6.54 Å². The van der Waals surface area contributed by atoms with Crippen LogP contribution in [0.5, 0.6) is 5.75 Å². The third kappa shape index (κ3) is 5.78. The SMILES string of the molecule is CC1CN(Cc2ccccc2CNC(=O)COc2ccccc2F)CC(C)O1. The summed E-state index contributed by atoms with van der Waals surface area (Å²) in [5.74, 6) is -0.685. The Morgan fingerprint density at radius 3 is 2.46 bits per heavy atom. The predicted molar refractivity (Wildman–Crippen MR) is 105 cm³/mol. The van der Waals surface area contributed by atoms with Crippen molar-refractivity contribution in [2.45, 2.75) is 39.1 Å². The molecule has 150 valence electrons. The predicted octanol–water partition coefficient (Wildman–Crippen LogP) is 3.13. The summed E-state index contributed by atoms with van der Waals surface area (Å²) < 4.78 is 24.6. The van der Waals surface area contributed by atoms with Gasteiger partial charge in [-0.3, -0.25) is 9.69 Å². The molecule has 1 amide bonds. The fraction of sp³-hybridized carbons (Fsp3) is 0.409. The highest BCUT2D eigenvalue weighted by Gasteiger charge is 2.22. The molecular formula is C22H27FN2O3. The van der Waals surface area contributed by atoms with Crippen LogP contribution in [-0.2, 0) is 22.6 Å². The Hall–Kier alpha value is -2.44. The Morgan fingerprint density at radius 2 is 1.75 bits per heavy atom. The lowest BCUT2D eigenvalue weighted by Crippen LogP contribution is -2.45. The average Bonchev–Trinajstić information content (AvgIpc) is 2.66. The number of amides is 1. The van der Waals surface area contributed by atoms with E-state index in [1.54, 1.807) is 12.1 Å². The number of ether oxygens (including phenoxy) is 2. The fourth-order valence-corrected chi connectivity index (χ4v) is 3.49. The third-order valence-corrected chi connectivity index (χ3v) is 4.68. The number of carbonyl (C=O) groups is 1. The van der Waals surface area contributed by atoms with Crippen LogP contribution in [0, 0.1) is 5.82 Å². The van der Waals surface area contributed by atoms with E-state index in [-0.39, 0.29) is 30.5 Å². The van der Waals surface area contributed by atoms with Crippen molar-refractivity contribution in [3.05, 3.63) is 65.5 Å². The molecule has 0 aliphatic carbocycles. The highest BCUT2D eigenvalue weighted by molar-refractivity contribution is 5.77.